The van der Waals surface area contributed by atoms with Crippen LogP contribution in [0.4, 0.5) is 4.79 Å². The van der Waals surface area contributed by atoms with Crippen molar-refractivity contribution in [3.63, 3.8) is 0 Å². The van der Waals surface area contributed by atoms with Gasteiger partial charge in [0.25, 0.3) is 0 Å². The standard InChI is InChI=1S/C14H23N3O3/c1-2-5-17(11-13(18)19)14(20)16-8-6-15(7-9-16)10-12-3-4-12/h2,12H,1,3-11H2,(H,18,19). The summed E-state index contributed by atoms with van der Waals surface area (Å²) in [6, 6.07) is -0.196. The number of carbonyl (C=O) groups excluding carboxylic acids is 1. The van der Waals surface area contributed by atoms with Crippen LogP contribution in [0.2, 0.25) is 0 Å². The number of amides is 2. The van der Waals surface area contributed by atoms with Crippen LogP contribution in [0.5, 0.6) is 0 Å². The van der Waals surface area contributed by atoms with Gasteiger partial charge in [0.2, 0.25) is 0 Å². The quantitative estimate of drug-likeness (QED) is 0.728. The van der Waals surface area contributed by atoms with Gasteiger partial charge < -0.3 is 14.9 Å². The zero-order valence-corrected chi connectivity index (χ0v) is 11.8. The molecule has 1 N–H and O–H groups in total. The molecule has 112 valence electrons. The highest BCUT2D eigenvalue weighted by molar-refractivity contribution is 5.80. The van der Waals surface area contributed by atoms with Crippen LogP contribution in [0.15, 0.2) is 12.7 Å². The molecule has 20 heavy (non-hydrogen) atoms. The Hall–Kier alpha value is -1.56. The Morgan fingerprint density at radius 1 is 1.25 bits per heavy atom. The highest BCUT2D eigenvalue weighted by Crippen LogP contribution is 2.29. The summed E-state index contributed by atoms with van der Waals surface area (Å²) in [6.45, 7) is 7.85. The van der Waals surface area contributed by atoms with Gasteiger partial charge in [-0.25, -0.2) is 4.79 Å². The molecule has 1 saturated heterocycles. The van der Waals surface area contributed by atoms with E-state index in [1.54, 1.807) is 11.0 Å². The van der Waals surface area contributed by atoms with E-state index in [1.165, 1.54) is 17.7 Å². The Labute approximate surface area is 119 Å². The van der Waals surface area contributed by atoms with E-state index in [1.807, 2.05) is 0 Å². The molecule has 6 nitrogen and oxygen atoms in total. The average Bonchev–Trinajstić information content (AvgIpc) is 3.22. The molecule has 0 bridgehead atoms. The lowest BCUT2D eigenvalue weighted by atomic mass is 10.3. The van der Waals surface area contributed by atoms with Crippen molar-refractivity contribution < 1.29 is 14.7 Å². The van der Waals surface area contributed by atoms with Crippen molar-refractivity contribution in [2.45, 2.75) is 12.8 Å². The van der Waals surface area contributed by atoms with Crippen LogP contribution in [-0.4, -0.2) is 77.6 Å². The van der Waals surface area contributed by atoms with Gasteiger partial charge in [0.1, 0.15) is 6.54 Å². The molecule has 1 aliphatic heterocycles. The van der Waals surface area contributed by atoms with Crippen molar-refractivity contribution >= 4 is 12.0 Å². The predicted octanol–water partition coefficient (Wildman–Crippen LogP) is 0.707. The van der Waals surface area contributed by atoms with Crippen molar-refractivity contribution in [1.29, 1.82) is 0 Å². The second-order valence-electron chi connectivity index (χ2n) is 5.58. The van der Waals surface area contributed by atoms with Crippen molar-refractivity contribution in [2.24, 2.45) is 5.92 Å². The summed E-state index contributed by atoms with van der Waals surface area (Å²) in [7, 11) is 0. The Morgan fingerprint density at radius 2 is 1.90 bits per heavy atom. The number of hydrogen-bond donors (Lipinski definition) is 1. The van der Waals surface area contributed by atoms with Gasteiger partial charge in [0.05, 0.1) is 0 Å². The Kier molecular flexibility index (Phi) is 5.00. The predicted molar refractivity (Wildman–Crippen MR) is 75.5 cm³/mol. The maximum Gasteiger partial charge on any atom is 0.323 e. The second kappa shape index (κ2) is 6.74. The summed E-state index contributed by atoms with van der Waals surface area (Å²) in [5, 5.41) is 8.85. The molecule has 2 rings (SSSR count). The minimum absolute atomic E-state index is 0.196. The van der Waals surface area contributed by atoms with E-state index in [2.05, 4.69) is 11.5 Å². The normalized spacial score (nSPS) is 19.7. The summed E-state index contributed by atoms with van der Waals surface area (Å²) < 4.78 is 0. The molecular weight excluding hydrogens is 258 g/mol. The summed E-state index contributed by atoms with van der Waals surface area (Å²) >= 11 is 0. The van der Waals surface area contributed by atoms with Gasteiger partial charge in [-0.2, -0.15) is 0 Å². The molecule has 1 saturated carbocycles. The van der Waals surface area contributed by atoms with E-state index in [0.29, 0.717) is 13.1 Å². The molecule has 6 heteroatoms. The number of nitrogens with zero attached hydrogens (tertiary/aromatic N) is 3. The summed E-state index contributed by atoms with van der Waals surface area (Å²) in [4.78, 5) is 28.6. The lowest BCUT2D eigenvalue weighted by Crippen LogP contribution is -2.53. The van der Waals surface area contributed by atoms with Crippen LogP contribution in [0.25, 0.3) is 0 Å². The number of carbonyl (C=O) groups is 2. The monoisotopic (exact) mass is 281 g/mol. The van der Waals surface area contributed by atoms with Crippen LogP contribution >= 0.6 is 0 Å². The lowest BCUT2D eigenvalue weighted by molar-refractivity contribution is -0.137. The Bertz CT molecular complexity index is 374. The van der Waals surface area contributed by atoms with E-state index in [-0.39, 0.29) is 19.1 Å². The zero-order chi connectivity index (χ0) is 14.5. The minimum Gasteiger partial charge on any atom is -0.480 e. The molecule has 1 aliphatic carbocycles. The first kappa shape index (κ1) is 14.8. The molecule has 1 heterocycles. The summed E-state index contributed by atoms with van der Waals surface area (Å²) in [5.74, 6) is -0.130. The SMILES string of the molecule is C=CCN(CC(=O)O)C(=O)N1CCN(CC2CC2)CC1. The van der Waals surface area contributed by atoms with Crippen LogP contribution < -0.4 is 0 Å². The van der Waals surface area contributed by atoms with Crippen molar-refractivity contribution in [3.8, 4) is 0 Å². The van der Waals surface area contributed by atoms with Crippen LogP contribution in [0.3, 0.4) is 0 Å². The fourth-order valence-electron chi connectivity index (χ4n) is 2.52. The number of hydrogen-bond acceptors (Lipinski definition) is 3. The molecular formula is C14H23N3O3. The summed E-state index contributed by atoms with van der Waals surface area (Å²) in [6.07, 6.45) is 4.24. The first-order valence-corrected chi connectivity index (χ1v) is 7.19. The van der Waals surface area contributed by atoms with Crippen LogP contribution in [0.1, 0.15) is 12.8 Å². The van der Waals surface area contributed by atoms with Crippen molar-refractivity contribution in [2.75, 3.05) is 45.8 Å². The zero-order valence-electron chi connectivity index (χ0n) is 11.8. The van der Waals surface area contributed by atoms with Gasteiger partial charge >= 0.3 is 12.0 Å². The van der Waals surface area contributed by atoms with Crippen molar-refractivity contribution in [1.82, 2.24) is 14.7 Å². The second-order valence-corrected chi connectivity index (χ2v) is 5.58. The largest absolute Gasteiger partial charge is 0.480 e. The lowest BCUT2D eigenvalue weighted by Gasteiger charge is -2.37. The number of urea groups is 1. The first-order chi connectivity index (χ1) is 9.60. The molecule has 0 atom stereocenters. The van der Waals surface area contributed by atoms with Crippen LogP contribution in [0, 0.1) is 5.92 Å². The fraction of sp³-hybridized carbons (Fsp3) is 0.714. The number of carboxylic acid groups (broad SMARTS) is 1. The summed E-state index contributed by atoms with van der Waals surface area (Å²) in [5.41, 5.74) is 0. The van der Waals surface area contributed by atoms with E-state index in [0.717, 1.165) is 25.6 Å². The maximum absolute atomic E-state index is 12.3. The maximum atomic E-state index is 12.3. The number of piperazine rings is 1. The molecule has 0 aromatic rings. The molecule has 0 unspecified atom stereocenters. The van der Waals surface area contributed by atoms with E-state index in [9.17, 15) is 9.59 Å². The first-order valence-electron chi connectivity index (χ1n) is 7.19. The minimum atomic E-state index is -0.993. The third kappa shape index (κ3) is 4.23. The Balaban J connectivity index is 1.81. The topological polar surface area (TPSA) is 64.1 Å². The molecule has 0 aromatic carbocycles. The fourth-order valence-corrected chi connectivity index (χ4v) is 2.52. The number of rotatable bonds is 6. The Morgan fingerprint density at radius 3 is 2.40 bits per heavy atom. The van der Waals surface area contributed by atoms with Gasteiger partial charge in [-0.05, 0) is 18.8 Å². The smallest absolute Gasteiger partial charge is 0.323 e. The molecule has 0 radical (unpaired) electrons. The molecule has 0 spiro atoms. The van der Waals surface area contributed by atoms with E-state index < -0.39 is 5.97 Å². The van der Waals surface area contributed by atoms with E-state index >= 15 is 0 Å². The third-order valence-electron chi connectivity index (χ3n) is 3.80. The van der Waals surface area contributed by atoms with Gasteiger partial charge in [0.15, 0.2) is 0 Å². The van der Waals surface area contributed by atoms with Gasteiger partial charge in [-0.3, -0.25) is 9.69 Å². The molecule has 2 fully saturated rings. The molecule has 0 aromatic heterocycles. The highest BCUT2D eigenvalue weighted by atomic mass is 16.4. The molecule has 2 aliphatic rings. The average molecular weight is 281 g/mol. The third-order valence-corrected chi connectivity index (χ3v) is 3.80. The van der Waals surface area contributed by atoms with Gasteiger partial charge in [0, 0.05) is 39.3 Å². The van der Waals surface area contributed by atoms with Crippen molar-refractivity contribution in [3.05, 3.63) is 12.7 Å². The highest BCUT2D eigenvalue weighted by Gasteiger charge is 2.29. The van der Waals surface area contributed by atoms with Crippen LogP contribution in [-0.2, 0) is 4.79 Å². The molecule has 2 amide bonds. The number of aliphatic carboxylic acids is 1. The van der Waals surface area contributed by atoms with E-state index in [4.69, 9.17) is 5.11 Å². The van der Waals surface area contributed by atoms with Gasteiger partial charge in [-0.1, -0.05) is 6.08 Å². The van der Waals surface area contributed by atoms with Gasteiger partial charge in [-0.15, -0.1) is 6.58 Å². The number of carboxylic acids is 1.